The third-order valence-corrected chi connectivity index (χ3v) is 5.29. The Balaban J connectivity index is 0.00000200. The fourth-order valence-electron chi connectivity index (χ4n) is 2.71. The average molecular weight is 314 g/mol. The normalized spacial score (nSPS) is 23.7. The molecule has 1 aliphatic rings. The molecule has 1 aromatic carbocycles. The van der Waals surface area contributed by atoms with E-state index in [-0.39, 0.29) is 18.3 Å². The van der Waals surface area contributed by atoms with E-state index < -0.39 is 0 Å². The minimum Gasteiger partial charge on any atom is -1.00 e. The minimum atomic E-state index is 0. The van der Waals surface area contributed by atoms with Crippen molar-refractivity contribution in [2.45, 2.75) is 25.5 Å². The maximum atomic E-state index is 12.4. The van der Waals surface area contributed by atoms with E-state index in [2.05, 4.69) is 25.6 Å². The van der Waals surface area contributed by atoms with Crippen molar-refractivity contribution in [2.75, 3.05) is 25.4 Å². The van der Waals surface area contributed by atoms with Gasteiger partial charge in [-0.05, 0) is 13.3 Å². The third-order valence-electron chi connectivity index (χ3n) is 3.88. The van der Waals surface area contributed by atoms with Gasteiger partial charge in [0.1, 0.15) is 0 Å². The van der Waals surface area contributed by atoms with Crippen LogP contribution in [-0.4, -0.2) is 36.4 Å². The summed E-state index contributed by atoms with van der Waals surface area (Å²) in [5.41, 5.74) is 0.854. The lowest BCUT2D eigenvalue weighted by atomic mass is 9.99. The molecule has 1 saturated heterocycles. The van der Waals surface area contributed by atoms with E-state index in [0.29, 0.717) is 5.78 Å². The highest BCUT2D eigenvalue weighted by Gasteiger charge is 2.26. The minimum absolute atomic E-state index is 0. The largest absolute Gasteiger partial charge is 1.00 e. The number of rotatable bonds is 5. The zero-order valence-corrected chi connectivity index (χ0v) is 13.8. The maximum Gasteiger partial charge on any atom is 0.171 e. The summed E-state index contributed by atoms with van der Waals surface area (Å²) in [5.74, 6) is 1.65. The third kappa shape index (κ3) is 4.80. The van der Waals surface area contributed by atoms with Crippen LogP contribution in [0.15, 0.2) is 30.3 Å². The van der Waals surface area contributed by atoms with Gasteiger partial charge in [-0.2, -0.15) is 0 Å². The Bertz CT molecular complexity index is 412. The molecule has 3 atom stereocenters. The predicted octanol–water partition coefficient (Wildman–Crippen LogP) is -1.08. The summed E-state index contributed by atoms with van der Waals surface area (Å²) in [5, 5.41) is 0.780. The number of carbonyl (C=O) groups is 1. The molecular weight excluding hydrogens is 290 g/mol. The van der Waals surface area contributed by atoms with E-state index >= 15 is 0 Å². The molecular formula is C16H24ClNOS. The van der Waals surface area contributed by atoms with Crippen molar-refractivity contribution in [1.29, 1.82) is 0 Å². The summed E-state index contributed by atoms with van der Waals surface area (Å²) in [6.07, 6.45) is 1.25. The molecule has 0 radical (unpaired) electrons. The topological polar surface area (TPSA) is 21.5 Å². The van der Waals surface area contributed by atoms with Gasteiger partial charge in [0.25, 0.3) is 0 Å². The predicted molar refractivity (Wildman–Crippen MR) is 82.0 cm³/mol. The molecule has 1 fully saturated rings. The quantitative estimate of drug-likeness (QED) is 0.699. The van der Waals surface area contributed by atoms with E-state index in [4.69, 9.17) is 0 Å². The van der Waals surface area contributed by atoms with Crippen molar-refractivity contribution >= 4 is 17.5 Å². The zero-order valence-electron chi connectivity index (χ0n) is 12.3. The Morgan fingerprint density at radius 1 is 1.40 bits per heavy atom. The number of quaternary nitrogens is 1. The maximum absolute atomic E-state index is 12.4. The van der Waals surface area contributed by atoms with E-state index in [1.807, 2.05) is 30.3 Å². The molecule has 1 heterocycles. The molecule has 0 saturated carbocycles. The lowest BCUT2D eigenvalue weighted by Gasteiger charge is -2.30. The highest BCUT2D eigenvalue weighted by atomic mass is 35.5. The standard InChI is InChI=1S/C16H23NOS.ClH/c1-3-15-12-17(9-10-19-15)11-13(2)16(18)14-7-5-4-6-8-14;/h4-8,13,15H,3,9-12H2,1-2H3;1H. The Morgan fingerprint density at radius 3 is 2.75 bits per heavy atom. The second kappa shape index (κ2) is 8.71. The second-order valence-electron chi connectivity index (χ2n) is 5.44. The van der Waals surface area contributed by atoms with E-state index in [0.717, 1.165) is 17.4 Å². The molecule has 3 unspecified atom stereocenters. The van der Waals surface area contributed by atoms with Gasteiger partial charge in [0, 0.05) is 11.3 Å². The van der Waals surface area contributed by atoms with Gasteiger partial charge >= 0.3 is 0 Å². The van der Waals surface area contributed by atoms with Gasteiger partial charge in [0.2, 0.25) is 0 Å². The number of Topliss-reactive ketones (excluding diaryl/α,β-unsaturated/α-hetero) is 1. The van der Waals surface area contributed by atoms with Crippen LogP contribution >= 0.6 is 11.8 Å². The first-order valence-electron chi connectivity index (χ1n) is 7.25. The lowest BCUT2D eigenvalue weighted by Crippen LogP contribution is -3.15. The van der Waals surface area contributed by atoms with E-state index in [1.54, 1.807) is 4.90 Å². The molecule has 20 heavy (non-hydrogen) atoms. The van der Waals surface area contributed by atoms with Crippen LogP contribution in [0.25, 0.3) is 0 Å². The molecule has 1 aromatic rings. The fraction of sp³-hybridized carbons (Fsp3) is 0.562. The van der Waals surface area contributed by atoms with Gasteiger partial charge in [-0.15, -0.1) is 11.8 Å². The number of ketones is 1. The number of thioether (sulfide) groups is 1. The summed E-state index contributed by atoms with van der Waals surface area (Å²) < 4.78 is 0. The van der Waals surface area contributed by atoms with Crippen molar-refractivity contribution in [2.24, 2.45) is 5.92 Å². The fourth-order valence-corrected chi connectivity index (χ4v) is 4.04. The van der Waals surface area contributed by atoms with Crippen LogP contribution < -0.4 is 17.3 Å². The highest BCUT2D eigenvalue weighted by molar-refractivity contribution is 7.99. The second-order valence-corrected chi connectivity index (χ2v) is 6.85. The van der Waals surface area contributed by atoms with Crippen molar-refractivity contribution in [3.05, 3.63) is 35.9 Å². The zero-order chi connectivity index (χ0) is 13.7. The van der Waals surface area contributed by atoms with Crippen molar-refractivity contribution in [1.82, 2.24) is 0 Å². The summed E-state index contributed by atoms with van der Waals surface area (Å²) in [6, 6.07) is 9.69. The Labute approximate surface area is 132 Å². The van der Waals surface area contributed by atoms with Crippen LogP contribution in [0.1, 0.15) is 30.6 Å². The summed E-state index contributed by atoms with van der Waals surface area (Å²) >= 11 is 2.09. The summed E-state index contributed by atoms with van der Waals surface area (Å²) in [6.45, 7) is 7.73. The molecule has 1 N–H and O–H groups in total. The van der Waals surface area contributed by atoms with E-state index in [1.165, 1.54) is 25.3 Å². The molecule has 1 aliphatic heterocycles. The molecule has 0 amide bonds. The average Bonchev–Trinajstić information content (AvgIpc) is 2.47. The molecule has 0 bridgehead atoms. The first-order chi connectivity index (χ1) is 9.20. The molecule has 0 aromatic heterocycles. The van der Waals surface area contributed by atoms with Gasteiger partial charge in [0.05, 0.1) is 30.8 Å². The Morgan fingerprint density at radius 2 is 2.10 bits per heavy atom. The summed E-state index contributed by atoms with van der Waals surface area (Å²) in [4.78, 5) is 14.0. The van der Waals surface area contributed by atoms with Crippen molar-refractivity contribution in [3.63, 3.8) is 0 Å². The molecule has 2 nitrogen and oxygen atoms in total. The summed E-state index contributed by atoms with van der Waals surface area (Å²) in [7, 11) is 0. The van der Waals surface area contributed by atoms with Gasteiger partial charge < -0.3 is 17.3 Å². The number of hydrogen-bond acceptors (Lipinski definition) is 2. The van der Waals surface area contributed by atoms with E-state index in [9.17, 15) is 4.79 Å². The van der Waals surface area contributed by atoms with Gasteiger partial charge in [0.15, 0.2) is 5.78 Å². The molecule has 0 aliphatic carbocycles. The molecule has 112 valence electrons. The monoisotopic (exact) mass is 313 g/mol. The van der Waals surface area contributed by atoms with Gasteiger partial charge in [-0.1, -0.05) is 37.3 Å². The van der Waals surface area contributed by atoms with Crippen LogP contribution in [0.3, 0.4) is 0 Å². The van der Waals surface area contributed by atoms with Crippen LogP contribution in [-0.2, 0) is 0 Å². The van der Waals surface area contributed by atoms with Crippen LogP contribution in [0.4, 0.5) is 0 Å². The first kappa shape index (κ1) is 17.5. The van der Waals surface area contributed by atoms with Gasteiger partial charge in [-0.3, -0.25) is 4.79 Å². The van der Waals surface area contributed by atoms with Gasteiger partial charge in [-0.25, -0.2) is 0 Å². The first-order valence-corrected chi connectivity index (χ1v) is 8.30. The number of nitrogens with one attached hydrogen (secondary N) is 1. The Hall–Kier alpha value is -0.510. The number of benzene rings is 1. The van der Waals surface area contributed by atoms with Crippen LogP contribution in [0, 0.1) is 5.92 Å². The van der Waals surface area contributed by atoms with Crippen LogP contribution in [0.2, 0.25) is 0 Å². The Kier molecular flexibility index (Phi) is 7.63. The number of hydrogen-bond donors (Lipinski definition) is 1. The van der Waals surface area contributed by atoms with Crippen molar-refractivity contribution in [3.8, 4) is 0 Å². The smallest absolute Gasteiger partial charge is 0.171 e. The van der Waals surface area contributed by atoms with Crippen molar-refractivity contribution < 1.29 is 22.1 Å². The highest BCUT2D eigenvalue weighted by Crippen LogP contribution is 2.14. The number of carbonyl (C=O) groups excluding carboxylic acids is 1. The molecule has 4 heteroatoms. The van der Waals surface area contributed by atoms with Crippen LogP contribution in [0.5, 0.6) is 0 Å². The lowest BCUT2D eigenvalue weighted by molar-refractivity contribution is -0.900. The number of halogens is 1. The molecule has 0 spiro atoms. The SMILES string of the molecule is CCC1C[NH+](CC(C)C(=O)c2ccccc2)CCS1.[Cl-]. The molecule has 2 rings (SSSR count).